The van der Waals surface area contributed by atoms with Crippen LogP contribution in [0.15, 0.2) is 42.6 Å². The number of hydrogen-bond acceptors (Lipinski definition) is 4. The van der Waals surface area contributed by atoms with Crippen molar-refractivity contribution < 1.29 is 9.53 Å². The van der Waals surface area contributed by atoms with Gasteiger partial charge in [0.15, 0.2) is 11.2 Å². The van der Waals surface area contributed by atoms with Gasteiger partial charge in [-0.25, -0.2) is 4.98 Å². The fourth-order valence-electron chi connectivity index (χ4n) is 2.21. The fraction of sp³-hybridized carbons (Fsp3) is 0.176. The van der Waals surface area contributed by atoms with E-state index in [4.69, 9.17) is 4.74 Å². The van der Waals surface area contributed by atoms with E-state index in [-0.39, 0.29) is 0 Å². The lowest BCUT2D eigenvalue weighted by Gasteiger charge is -2.06. The summed E-state index contributed by atoms with van der Waals surface area (Å²) >= 11 is 1.57. The third-order valence-corrected chi connectivity index (χ3v) is 4.10. The number of hydrogen-bond donors (Lipinski definition) is 0. The number of carbonyl (C=O) groups excluding carboxylic acids is 1. The maximum absolute atomic E-state index is 11.4. The summed E-state index contributed by atoms with van der Waals surface area (Å²) in [6.07, 6.45) is 2.79. The smallest absolute Gasteiger partial charge is 0.195 e. The summed E-state index contributed by atoms with van der Waals surface area (Å²) in [5, 5.41) is 0. The molecule has 0 saturated carbocycles. The van der Waals surface area contributed by atoms with E-state index in [0.717, 1.165) is 33.0 Å². The standard InChI is InChI=1S/C17H16N2O2S/c1-11(2)10-21-14-6-4-13(5-7-14)16-15(9-20)19-8-12(3)22-17(19)18-16/h4-9H,1,10H2,2-3H3. The Kier molecular flexibility index (Phi) is 3.81. The molecule has 0 radical (unpaired) electrons. The number of aldehydes is 1. The maximum Gasteiger partial charge on any atom is 0.195 e. The number of aromatic nitrogens is 2. The van der Waals surface area contributed by atoms with E-state index in [1.165, 1.54) is 0 Å². The molecule has 0 N–H and O–H groups in total. The van der Waals surface area contributed by atoms with Crippen LogP contribution in [-0.2, 0) is 0 Å². The quantitative estimate of drug-likeness (QED) is 0.525. The number of benzene rings is 1. The second-order valence-electron chi connectivity index (χ2n) is 5.23. The highest BCUT2D eigenvalue weighted by atomic mass is 32.1. The van der Waals surface area contributed by atoms with Crippen molar-refractivity contribution in [1.29, 1.82) is 0 Å². The first-order chi connectivity index (χ1) is 10.6. The number of imidazole rings is 1. The van der Waals surface area contributed by atoms with Crippen molar-refractivity contribution in [2.24, 2.45) is 0 Å². The Morgan fingerprint density at radius 1 is 1.41 bits per heavy atom. The lowest BCUT2D eigenvalue weighted by Crippen LogP contribution is -1.97. The van der Waals surface area contributed by atoms with Crippen LogP contribution in [0, 0.1) is 6.92 Å². The van der Waals surface area contributed by atoms with Gasteiger partial charge in [-0.3, -0.25) is 9.20 Å². The minimum atomic E-state index is 0.498. The number of aryl methyl sites for hydroxylation is 1. The molecule has 5 heteroatoms. The number of fused-ring (bicyclic) bond motifs is 1. The van der Waals surface area contributed by atoms with Crippen LogP contribution in [-0.4, -0.2) is 22.3 Å². The van der Waals surface area contributed by atoms with Crippen molar-refractivity contribution in [3.63, 3.8) is 0 Å². The van der Waals surface area contributed by atoms with Crippen molar-refractivity contribution in [1.82, 2.24) is 9.38 Å². The number of nitrogens with zero attached hydrogens (tertiary/aromatic N) is 2. The molecule has 0 aliphatic rings. The molecule has 4 nitrogen and oxygen atoms in total. The van der Waals surface area contributed by atoms with Gasteiger partial charge >= 0.3 is 0 Å². The third kappa shape index (κ3) is 2.67. The van der Waals surface area contributed by atoms with Gasteiger partial charge in [0.2, 0.25) is 0 Å². The van der Waals surface area contributed by atoms with Gasteiger partial charge in [-0.05, 0) is 43.7 Å². The molecule has 112 valence electrons. The predicted molar refractivity (Wildman–Crippen MR) is 88.9 cm³/mol. The van der Waals surface area contributed by atoms with Crippen molar-refractivity contribution in [2.45, 2.75) is 13.8 Å². The average molecular weight is 312 g/mol. The normalized spacial score (nSPS) is 10.8. The zero-order chi connectivity index (χ0) is 15.7. The SMILES string of the molecule is C=C(C)COc1ccc(-c2nc3sc(C)cn3c2C=O)cc1. The summed E-state index contributed by atoms with van der Waals surface area (Å²) in [4.78, 5) is 18.0. The first kappa shape index (κ1) is 14.5. The van der Waals surface area contributed by atoms with Gasteiger partial charge in [-0.15, -0.1) is 11.3 Å². The van der Waals surface area contributed by atoms with Crippen LogP contribution in [0.1, 0.15) is 22.3 Å². The molecule has 0 saturated heterocycles. The zero-order valence-corrected chi connectivity index (χ0v) is 13.3. The van der Waals surface area contributed by atoms with Crippen molar-refractivity contribution in [2.75, 3.05) is 6.61 Å². The summed E-state index contributed by atoms with van der Waals surface area (Å²) in [5.74, 6) is 0.774. The number of carbonyl (C=O) groups is 1. The van der Waals surface area contributed by atoms with Crippen LogP contribution < -0.4 is 4.74 Å². The Morgan fingerprint density at radius 2 is 2.14 bits per heavy atom. The number of ether oxygens (including phenoxy) is 1. The Labute approximate surface area is 132 Å². The summed E-state index contributed by atoms with van der Waals surface area (Å²) < 4.78 is 7.42. The zero-order valence-electron chi connectivity index (χ0n) is 12.5. The minimum absolute atomic E-state index is 0.498. The van der Waals surface area contributed by atoms with Crippen molar-refractivity contribution >= 4 is 22.6 Å². The van der Waals surface area contributed by atoms with E-state index in [0.29, 0.717) is 18.0 Å². The van der Waals surface area contributed by atoms with Gasteiger partial charge < -0.3 is 4.74 Å². The molecule has 0 fully saturated rings. The molecule has 0 aliphatic heterocycles. The highest BCUT2D eigenvalue weighted by Crippen LogP contribution is 2.28. The molecule has 3 rings (SSSR count). The molecule has 0 spiro atoms. The molecule has 2 heterocycles. The largest absolute Gasteiger partial charge is 0.489 e. The molecule has 3 aromatic rings. The highest BCUT2D eigenvalue weighted by Gasteiger charge is 2.15. The van der Waals surface area contributed by atoms with Gasteiger partial charge in [0.05, 0.1) is 0 Å². The van der Waals surface area contributed by atoms with E-state index in [2.05, 4.69) is 11.6 Å². The third-order valence-electron chi connectivity index (χ3n) is 3.20. The fourth-order valence-corrected chi connectivity index (χ4v) is 3.05. The molecule has 0 aliphatic carbocycles. The molecular formula is C17H16N2O2S. The molecule has 22 heavy (non-hydrogen) atoms. The van der Waals surface area contributed by atoms with Gasteiger partial charge in [0, 0.05) is 16.6 Å². The Balaban J connectivity index is 1.95. The van der Waals surface area contributed by atoms with Gasteiger partial charge in [0.25, 0.3) is 0 Å². The van der Waals surface area contributed by atoms with E-state index < -0.39 is 0 Å². The van der Waals surface area contributed by atoms with Crippen LogP contribution in [0.2, 0.25) is 0 Å². The second-order valence-corrected chi connectivity index (χ2v) is 6.44. The predicted octanol–water partition coefficient (Wildman–Crippen LogP) is 4.14. The van der Waals surface area contributed by atoms with Crippen molar-refractivity contribution in [3.05, 3.63) is 53.2 Å². The number of rotatable bonds is 5. The minimum Gasteiger partial charge on any atom is -0.489 e. The highest BCUT2D eigenvalue weighted by molar-refractivity contribution is 7.17. The van der Waals surface area contributed by atoms with Gasteiger partial charge in [-0.1, -0.05) is 6.58 Å². The van der Waals surface area contributed by atoms with Gasteiger partial charge in [0.1, 0.15) is 23.7 Å². The van der Waals surface area contributed by atoms with Crippen LogP contribution in [0.25, 0.3) is 16.2 Å². The molecule has 1 aromatic carbocycles. The van der Waals surface area contributed by atoms with Crippen LogP contribution in [0.4, 0.5) is 0 Å². The lowest BCUT2D eigenvalue weighted by molar-refractivity contribution is 0.111. The lowest BCUT2D eigenvalue weighted by atomic mass is 10.1. The average Bonchev–Trinajstić information content (AvgIpc) is 3.01. The van der Waals surface area contributed by atoms with E-state index in [9.17, 15) is 4.79 Å². The molecule has 0 atom stereocenters. The summed E-state index contributed by atoms with van der Waals surface area (Å²) in [5.41, 5.74) is 3.15. The maximum atomic E-state index is 11.4. The topological polar surface area (TPSA) is 43.6 Å². The van der Waals surface area contributed by atoms with Crippen LogP contribution >= 0.6 is 11.3 Å². The Hall–Kier alpha value is -2.40. The van der Waals surface area contributed by atoms with Crippen LogP contribution in [0.5, 0.6) is 5.75 Å². The van der Waals surface area contributed by atoms with Gasteiger partial charge in [-0.2, -0.15) is 0 Å². The Bertz CT molecular complexity index is 844. The molecule has 0 bridgehead atoms. The monoisotopic (exact) mass is 312 g/mol. The van der Waals surface area contributed by atoms with E-state index >= 15 is 0 Å². The van der Waals surface area contributed by atoms with E-state index in [1.807, 2.05) is 48.7 Å². The number of thiazole rings is 1. The summed E-state index contributed by atoms with van der Waals surface area (Å²) in [7, 11) is 0. The van der Waals surface area contributed by atoms with Crippen molar-refractivity contribution in [3.8, 4) is 17.0 Å². The molecule has 0 amide bonds. The first-order valence-electron chi connectivity index (χ1n) is 6.90. The van der Waals surface area contributed by atoms with E-state index in [1.54, 1.807) is 11.3 Å². The summed E-state index contributed by atoms with van der Waals surface area (Å²) in [6, 6.07) is 7.59. The Morgan fingerprint density at radius 3 is 2.77 bits per heavy atom. The summed E-state index contributed by atoms with van der Waals surface area (Å²) in [6.45, 7) is 8.23. The van der Waals surface area contributed by atoms with Crippen LogP contribution in [0.3, 0.4) is 0 Å². The first-order valence-corrected chi connectivity index (χ1v) is 7.71. The molecule has 2 aromatic heterocycles. The molecule has 0 unspecified atom stereocenters. The second kappa shape index (κ2) is 5.77. The molecular weight excluding hydrogens is 296 g/mol.